The number of alkyl halides is 2. The molecule has 0 radical (unpaired) electrons. The minimum Gasteiger partial charge on any atom is -0.392 e. The maximum absolute atomic E-state index is 11.9. The highest BCUT2D eigenvalue weighted by Crippen LogP contribution is 2.20. The second-order valence-corrected chi connectivity index (χ2v) is 5.33. The molecule has 0 saturated heterocycles. The first-order valence-corrected chi connectivity index (χ1v) is 6.40. The first kappa shape index (κ1) is 14.3. The third-order valence-electron chi connectivity index (χ3n) is 1.93. The second-order valence-electron chi connectivity index (χ2n) is 3.15. The van der Waals surface area contributed by atoms with E-state index in [1.165, 1.54) is 12.1 Å². The van der Waals surface area contributed by atoms with Gasteiger partial charge in [0, 0.05) is 5.02 Å². The van der Waals surface area contributed by atoms with Gasteiger partial charge >= 0.3 is 0 Å². The van der Waals surface area contributed by atoms with Crippen molar-refractivity contribution in [2.45, 2.75) is 17.9 Å². The average Bonchev–Trinajstić information content (AvgIpc) is 2.27. The molecule has 0 aromatic heterocycles. The predicted octanol–water partition coefficient (Wildman–Crippen LogP) is 1.38. The van der Waals surface area contributed by atoms with E-state index in [9.17, 15) is 17.2 Å². The van der Waals surface area contributed by atoms with Gasteiger partial charge in [-0.15, -0.1) is 0 Å². The summed E-state index contributed by atoms with van der Waals surface area (Å²) >= 11 is 5.68. The quantitative estimate of drug-likeness (QED) is 0.859. The van der Waals surface area contributed by atoms with Crippen LogP contribution in [0.1, 0.15) is 5.56 Å². The van der Waals surface area contributed by atoms with E-state index in [1.54, 1.807) is 4.72 Å². The maximum Gasteiger partial charge on any atom is 0.251 e. The van der Waals surface area contributed by atoms with Crippen LogP contribution in [0.4, 0.5) is 8.78 Å². The van der Waals surface area contributed by atoms with Gasteiger partial charge in [0.2, 0.25) is 10.0 Å². The largest absolute Gasteiger partial charge is 0.392 e. The van der Waals surface area contributed by atoms with Crippen LogP contribution >= 0.6 is 11.6 Å². The number of halogens is 3. The second kappa shape index (κ2) is 5.72. The van der Waals surface area contributed by atoms with Crippen molar-refractivity contribution >= 4 is 21.6 Å². The summed E-state index contributed by atoms with van der Waals surface area (Å²) in [6, 6.07) is 3.59. The van der Waals surface area contributed by atoms with E-state index in [-0.39, 0.29) is 15.5 Å². The summed E-state index contributed by atoms with van der Waals surface area (Å²) < 4.78 is 48.6. The first-order valence-electron chi connectivity index (χ1n) is 4.54. The number of rotatable bonds is 5. The molecule has 1 rings (SSSR count). The van der Waals surface area contributed by atoms with Gasteiger partial charge in [-0.2, -0.15) is 0 Å². The van der Waals surface area contributed by atoms with Crippen molar-refractivity contribution < 1.29 is 22.3 Å². The number of nitrogens with one attached hydrogen (secondary N) is 1. The lowest BCUT2D eigenvalue weighted by molar-refractivity contribution is 0.153. The van der Waals surface area contributed by atoms with Crippen molar-refractivity contribution in [2.24, 2.45) is 0 Å². The molecule has 17 heavy (non-hydrogen) atoms. The van der Waals surface area contributed by atoms with E-state index >= 15 is 0 Å². The number of hydrogen-bond donors (Lipinski definition) is 2. The molecule has 96 valence electrons. The fraction of sp³-hybridized carbons (Fsp3) is 0.333. The van der Waals surface area contributed by atoms with Crippen molar-refractivity contribution in [3.63, 3.8) is 0 Å². The first-order chi connectivity index (χ1) is 7.86. The van der Waals surface area contributed by atoms with Crippen LogP contribution in [-0.2, 0) is 16.6 Å². The lowest BCUT2D eigenvalue weighted by Crippen LogP contribution is -2.28. The van der Waals surface area contributed by atoms with E-state index in [0.29, 0.717) is 0 Å². The van der Waals surface area contributed by atoms with Gasteiger partial charge in [0.25, 0.3) is 6.43 Å². The Kier molecular flexibility index (Phi) is 4.81. The van der Waals surface area contributed by atoms with E-state index < -0.39 is 29.6 Å². The minimum absolute atomic E-state index is 0.209. The number of hydrogen-bond acceptors (Lipinski definition) is 3. The zero-order valence-electron chi connectivity index (χ0n) is 8.53. The zero-order chi connectivity index (χ0) is 13.1. The van der Waals surface area contributed by atoms with Gasteiger partial charge in [0.05, 0.1) is 18.0 Å². The fourth-order valence-electron chi connectivity index (χ4n) is 1.10. The van der Waals surface area contributed by atoms with Crippen LogP contribution in [0.25, 0.3) is 0 Å². The molecule has 0 aliphatic rings. The molecule has 0 aliphatic heterocycles. The van der Waals surface area contributed by atoms with Crippen molar-refractivity contribution in [2.75, 3.05) is 6.54 Å². The van der Waals surface area contributed by atoms with Crippen LogP contribution in [0, 0.1) is 0 Å². The summed E-state index contributed by atoms with van der Waals surface area (Å²) in [4.78, 5) is -0.216. The molecule has 2 N–H and O–H groups in total. The SMILES string of the molecule is O=S(=O)(NCC(F)F)c1ccc(Cl)c(CO)c1. The Hall–Kier alpha value is -0.760. The van der Waals surface area contributed by atoms with Gasteiger partial charge in [0.1, 0.15) is 0 Å². The van der Waals surface area contributed by atoms with Gasteiger partial charge < -0.3 is 5.11 Å². The predicted molar refractivity (Wildman–Crippen MR) is 58.6 cm³/mol. The molecule has 0 saturated carbocycles. The molecule has 0 atom stereocenters. The van der Waals surface area contributed by atoms with Gasteiger partial charge in [-0.3, -0.25) is 0 Å². The minimum atomic E-state index is -4.00. The van der Waals surface area contributed by atoms with Crippen LogP contribution in [0.5, 0.6) is 0 Å². The smallest absolute Gasteiger partial charge is 0.251 e. The van der Waals surface area contributed by atoms with Gasteiger partial charge in [-0.1, -0.05) is 11.6 Å². The number of aliphatic hydroxyl groups is 1. The molecule has 0 heterocycles. The van der Waals surface area contributed by atoms with Crippen LogP contribution in [0.3, 0.4) is 0 Å². The highest BCUT2D eigenvalue weighted by Gasteiger charge is 2.17. The summed E-state index contributed by atoms with van der Waals surface area (Å²) in [7, 11) is -4.00. The lowest BCUT2D eigenvalue weighted by Gasteiger charge is -2.08. The highest BCUT2D eigenvalue weighted by atomic mass is 35.5. The van der Waals surface area contributed by atoms with Crippen LogP contribution in [0.15, 0.2) is 23.1 Å². The molecule has 0 spiro atoms. The standard InChI is InChI=1S/C9H10ClF2NO3S/c10-8-2-1-7(3-6(8)5-14)17(15,16)13-4-9(11)12/h1-3,9,13-14H,4-5H2. The Morgan fingerprint density at radius 2 is 2.06 bits per heavy atom. The van der Waals surface area contributed by atoms with Crippen molar-refractivity contribution in [3.05, 3.63) is 28.8 Å². The fourth-order valence-corrected chi connectivity index (χ4v) is 2.33. The third-order valence-corrected chi connectivity index (χ3v) is 3.72. The van der Waals surface area contributed by atoms with Crippen molar-refractivity contribution in [3.8, 4) is 0 Å². The number of sulfonamides is 1. The summed E-state index contributed by atoms with van der Waals surface area (Å²) in [6.45, 7) is -1.39. The lowest BCUT2D eigenvalue weighted by atomic mass is 10.2. The number of benzene rings is 1. The van der Waals surface area contributed by atoms with Gasteiger partial charge in [0.15, 0.2) is 0 Å². The summed E-state index contributed by atoms with van der Waals surface area (Å²) in [5.74, 6) is 0. The molecule has 0 fully saturated rings. The Morgan fingerprint density at radius 3 is 2.59 bits per heavy atom. The highest BCUT2D eigenvalue weighted by molar-refractivity contribution is 7.89. The Bertz CT molecular complexity index is 493. The molecule has 1 aromatic carbocycles. The van der Waals surface area contributed by atoms with E-state index in [0.717, 1.165) is 6.07 Å². The third kappa shape index (κ3) is 3.88. The van der Waals surface area contributed by atoms with Gasteiger partial charge in [-0.25, -0.2) is 21.9 Å². The summed E-state index contributed by atoms with van der Waals surface area (Å²) in [6.07, 6.45) is -2.77. The molecule has 8 heteroatoms. The van der Waals surface area contributed by atoms with E-state index in [1.807, 2.05) is 0 Å². The number of aliphatic hydroxyl groups excluding tert-OH is 1. The molecule has 1 aromatic rings. The van der Waals surface area contributed by atoms with Crippen LogP contribution in [0.2, 0.25) is 5.02 Å². The summed E-state index contributed by atoms with van der Waals surface area (Å²) in [5, 5.41) is 9.12. The maximum atomic E-state index is 11.9. The summed E-state index contributed by atoms with van der Waals surface area (Å²) in [5.41, 5.74) is 0.214. The Morgan fingerprint density at radius 1 is 1.41 bits per heavy atom. The molecule has 0 bridgehead atoms. The Labute approximate surface area is 102 Å². The van der Waals surface area contributed by atoms with Crippen LogP contribution in [-0.4, -0.2) is 26.5 Å². The monoisotopic (exact) mass is 285 g/mol. The average molecular weight is 286 g/mol. The van der Waals surface area contributed by atoms with Crippen molar-refractivity contribution in [1.29, 1.82) is 0 Å². The van der Waals surface area contributed by atoms with Gasteiger partial charge in [-0.05, 0) is 23.8 Å². The Balaban J connectivity index is 2.99. The van der Waals surface area contributed by atoms with E-state index in [4.69, 9.17) is 16.7 Å². The molecular weight excluding hydrogens is 276 g/mol. The molecular formula is C9H10ClF2NO3S. The normalized spacial score (nSPS) is 12.1. The zero-order valence-corrected chi connectivity index (χ0v) is 10.1. The molecule has 4 nitrogen and oxygen atoms in total. The topological polar surface area (TPSA) is 66.4 Å². The molecule has 0 aliphatic carbocycles. The molecule has 0 unspecified atom stereocenters. The van der Waals surface area contributed by atoms with Crippen LogP contribution < -0.4 is 4.72 Å². The van der Waals surface area contributed by atoms with E-state index in [2.05, 4.69) is 0 Å². The molecule has 0 amide bonds. The van der Waals surface area contributed by atoms with Crippen molar-refractivity contribution in [1.82, 2.24) is 4.72 Å².